The molecule has 2 nitrogen and oxygen atoms in total. The average Bonchev–Trinajstić information content (AvgIpc) is 2.59. The molecule has 0 saturated heterocycles. The maximum Gasteiger partial charge on any atom is 0.176 e. The van der Waals surface area contributed by atoms with Crippen LogP contribution in [0.15, 0.2) is 0 Å². The van der Waals surface area contributed by atoms with E-state index < -0.39 is 0 Å². The predicted octanol–water partition coefficient (Wildman–Crippen LogP) is 5.16. The van der Waals surface area contributed by atoms with Crippen molar-refractivity contribution in [2.24, 2.45) is 17.9 Å². The normalized spacial score (nSPS) is 24.0. The van der Waals surface area contributed by atoms with E-state index in [1.165, 1.54) is 16.8 Å². The number of rotatable bonds is 1. The molecule has 1 aromatic heterocycles. The largest absolute Gasteiger partial charge is 0.344 e. The van der Waals surface area contributed by atoms with Gasteiger partial charge in [-0.1, -0.05) is 55.4 Å². The summed E-state index contributed by atoms with van der Waals surface area (Å²) in [6, 6.07) is 0. The Morgan fingerprint density at radius 1 is 0.864 bits per heavy atom. The summed E-state index contributed by atoms with van der Waals surface area (Å²) in [7, 11) is 2.06. The zero-order valence-electron chi connectivity index (χ0n) is 16.4. The maximum absolute atomic E-state index is 12.2. The van der Waals surface area contributed by atoms with Crippen molar-refractivity contribution in [2.75, 3.05) is 0 Å². The van der Waals surface area contributed by atoms with Crippen LogP contribution in [-0.4, -0.2) is 10.4 Å². The summed E-state index contributed by atoms with van der Waals surface area (Å²) in [5.74, 6) is 0.164. The molecule has 0 atom stereocenters. The van der Waals surface area contributed by atoms with E-state index in [0.717, 1.165) is 5.69 Å². The highest BCUT2D eigenvalue weighted by Crippen LogP contribution is 2.66. The minimum atomic E-state index is -0.00539. The number of hydrogen-bond acceptors (Lipinski definition) is 1. The van der Waals surface area contributed by atoms with Crippen LogP contribution in [0.2, 0.25) is 0 Å². The standard InChI is InChI=1S/C20H33NO/c1-12-14-16(21(11)15(12)13(2)22)18(5,6)20(9,10)19(7,8)17(14,3)4/h1-11H3. The Bertz CT molecular complexity index is 604. The highest BCUT2D eigenvalue weighted by molar-refractivity contribution is 5.95. The fourth-order valence-electron chi connectivity index (χ4n) is 4.99. The number of hydrogen-bond donors (Lipinski definition) is 0. The second-order valence-electron chi connectivity index (χ2n) is 9.31. The van der Waals surface area contributed by atoms with Gasteiger partial charge in [-0.25, -0.2) is 0 Å². The number of carbonyl (C=O) groups excluding carboxylic acids is 1. The highest BCUT2D eigenvalue weighted by Gasteiger charge is 2.62. The Balaban J connectivity index is 3.05. The Kier molecular flexibility index (Phi) is 3.36. The van der Waals surface area contributed by atoms with Crippen LogP contribution >= 0.6 is 0 Å². The summed E-state index contributed by atoms with van der Waals surface area (Å²) in [6.07, 6.45) is 0. The zero-order valence-corrected chi connectivity index (χ0v) is 16.4. The smallest absolute Gasteiger partial charge is 0.176 e. The molecule has 0 bridgehead atoms. The molecule has 0 spiro atoms. The summed E-state index contributed by atoms with van der Waals surface area (Å²) in [6.45, 7) is 22.7. The Hall–Kier alpha value is -1.05. The lowest BCUT2D eigenvalue weighted by Gasteiger charge is -2.63. The van der Waals surface area contributed by atoms with Crippen LogP contribution in [0.25, 0.3) is 0 Å². The molecule has 2 rings (SSSR count). The van der Waals surface area contributed by atoms with Gasteiger partial charge in [0.1, 0.15) is 0 Å². The zero-order chi connectivity index (χ0) is 17.5. The minimum Gasteiger partial charge on any atom is -0.344 e. The van der Waals surface area contributed by atoms with E-state index in [2.05, 4.69) is 73.9 Å². The molecule has 22 heavy (non-hydrogen) atoms. The van der Waals surface area contributed by atoms with Crippen molar-refractivity contribution in [2.45, 2.75) is 80.1 Å². The SMILES string of the molecule is CC(=O)c1c(C)c2c(n1C)C(C)(C)C(C)(C)C(C)(C)C2(C)C. The molecule has 0 amide bonds. The topological polar surface area (TPSA) is 22.0 Å². The highest BCUT2D eigenvalue weighted by atomic mass is 16.1. The first kappa shape index (κ1) is 17.3. The van der Waals surface area contributed by atoms with E-state index >= 15 is 0 Å². The molecule has 0 aromatic carbocycles. The maximum atomic E-state index is 12.2. The molecule has 0 aliphatic heterocycles. The van der Waals surface area contributed by atoms with Gasteiger partial charge >= 0.3 is 0 Å². The molecule has 0 N–H and O–H groups in total. The van der Waals surface area contributed by atoms with Gasteiger partial charge in [0.25, 0.3) is 0 Å². The summed E-state index contributed by atoms with van der Waals surface area (Å²) >= 11 is 0. The van der Waals surface area contributed by atoms with E-state index in [9.17, 15) is 4.79 Å². The molecule has 1 heterocycles. The predicted molar refractivity (Wildman–Crippen MR) is 93.8 cm³/mol. The summed E-state index contributed by atoms with van der Waals surface area (Å²) in [5.41, 5.74) is 4.98. The fraction of sp³-hybridized carbons (Fsp3) is 0.750. The summed E-state index contributed by atoms with van der Waals surface area (Å²) < 4.78 is 2.17. The van der Waals surface area contributed by atoms with Crippen LogP contribution in [0, 0.1) is 17.8 Å². The first-order valence-corrected chi connectivity index (χ1v) is 8.35. The summed E-state index contributed by atoms with van der Waals surface area (Å²) in [5, 5.41) is 0. The van der Waals surface area contributed by atoms with Gasteiger partial charge in [-0.15, -0.1) is 0 Å². The van der Waals surface area contributed by atoms with E-state index in [4.69, 9.17) is 0 Å². The minimum absolute atomic E-state index is 0.00539. The van der Waals surface area contributed by atoms with Crippen LogP contribution in [0.3, 0.4) is 0 Å². The van der Waals surface area contributed by atoms with E-state index in [1.807, 2.05) is 0 Å². The van der Waals surface area contributed by atoms with Gasteiger partial charge < -0.3 is 4.57 Å². The van der Waals surface area contributed by atoms with Crippen molar-refractivity contribution in [3.8, 4) is 0 Å². The number of fused-ring (bicyclic) bond motifs is 1. The van der Waals surface area contributed by atoms with Gasteiger partial charge in [0.05, 0.1) is 5.69 Å². The molecule has 0 saturated carbocycles. The van der Waals surface area contributed by atoms with Crippen LogP contribution in [0.1, 0.15) is 89.6 Å². The molecule has 1 aliphatic rings. The van der Waals surface area contributed by atoms with Gasteiger partial charge in [-0.05, 0) is 34.3 Å². The van der Waals surface area contributed by atoms with Crippen molar-refractivity contribution in [1.82, 2.24) is 4.57 Å². The Labute approximate surface area is 136 Å². The molecule has 0 radical (unpaired) electrons. The lowest BCUT2D eigenvalue weighted by Crippen LogP contribution is -2.60. The third-order valence-electron chi connectivity index (χ3n) is 7.88. The van der Waals surface area contributed by atoms with Crippen molar-refractivity contribution in [3.05, 3.63) is 22.5 Å². The van der Waals surface area contributed by atoms with Crippen molar-refractivity contribution in [3.63, 3.8) is 0 Å². The van der Waals surface area contributed by atoms with Gasteiger partial charge in [0.15, 0.2) is 5.78 Å². The number of nitrogens with zero attached hydrogens (tertiary/aromatic N) is 1. The number of Topliss-reactive ketones (excluding diaryl/α,β-unsaturated/α-hetero) is 1. The first-order chi connectivity index (χ1) is 9.64. The van der Waals surface area contributed by atoms with Crippen LogP contribution in [-0.2, 0) is 17.9 Å². The number of carbonyl (C=O) groups is 1. The average molecular weight is 303 g/mol. The van der Waals surface area contributed by atoms with Crippen molar-refractivity contribution < 1.29 is 4.79 Å². The second kappa shape index (κ2) is 4.27. The van der Waals surface area contributed by atoms with Gasteiger partial charge in [0.2, 0.25) is 0 Å². The third kappa shape index (κ3) is 1.59. The lowest BCUT2D eigenvalue weighted by atomic mass is 9.41. The molecule has 0 fully saturated rings. The fourth-order valence-corrected chi connectivity index (χ4v) is 4.99. The van der Waals surface area contributed by atoms with Gasteiger partial charge in [0, 0.05) is 25.1 Å². The van der Waals surface area contributed by atoms with E-state index in [-0.39, 0.29) is 27.4 Å². The van der Waals surface area contributed by atoms with E-state index in [0.29, 0.717) is 0 Å². The van der Waals surface area contributed by atoms with Gasteiger partial charge in [-0.2, -0.15) is 0 Å². The molecule has 1 aliphatic carbocycles. The molecule has 124 valence electrons. The molecule has 2 heteroatoms. The monoisotopic (exact) mass is 303 g/mol. The number of aromatic nitrogens is 1. The van der Waals surface area contributed by atoms with Crippen LogP contribution in [0.4, 0.5) is 0 Å². The molecular formula is C20H33NO. The van der Waals surface area contributed by atoms with E-state index in [1.54, 1.807) is 6.92 Å². The van der Waals surface area contributed by atoms with Gasteiger partial charge in [-0.3, -0.25) is 4.79 Å². The van der Waals surface area contributed by atoms with Crippen LogP contribution in [0.5, 0.6) is 0 Å². The number of ketones is 1. The van der Waals surface area contributed by atoms with Crippen molar-refractivity contribution in [1.29, 1.82) is 0 Å². The lowest BCUT2D eigenvalue weighted by molar-refractivity contribution is -0.0472. The third-order valence-corrected chi connectivity index (χ3v) is 7.88. The molecule has 0 unspecified atom stereocenters. The Morgan fingerprint density at radius 2 is 1.27 bits per heavy atom. The van der Waals surface area contributed by atoms with Crippen LogP contribution < -0.4 is 0 Å². The molecule has 1 aromatic rings. The first-order valence-electron chi connectivity index (χ1n) is 8.35. The van der Waals surface area contributed by atoms with Crippen molar-refractivity contribution >= 4 is 5.78 Å². The quantitative estimate of drug-likeness (QED) is 0.657. The molecular weight excluding hydrogens is 270 g/mol. The summed E-state index contributed by atoms with van der Waals surface area (Å²) in [4.78, 5) is 12.2. The Morgan fingerprint density at radius 3 is 1.68 bits per heavy atom. The second-order valence-corrected chi connectivity index (χ2v) is 9.31.